The summed E-state index contributed by atoms with van der Waals surface area (Å²) in [5.74, 6) is -0.0740. The molecule has 0 N–H and O–H groups in total. The van der Waals surface area contributed by atoms with Crippen LogP contribution in [0.15, 0.2) is 91.0 Å². The normalized spacial score (nSPS) is 10.8. The monoisotopic (exact) mass is 347 g/mol. The fourth-order valence-electron chi connectivity index (χ4n) is 2.51. The van der Waals surface area contributed by atoms with Crippen LogP contribution in [0.2, 0.25) is 5.02 Å². The number of nitrogens with zero attached hydrogens (tertiary/aromatic N) is 1. The minimum atomic E-state index is -0.0740. The number of carbonyl (C=O) groups is 1. The Bertz CT molecular complexity index is 842. The standard InChI is InChI=1S/C22H18ClNO/c23-20-12-14-21(15-13-20)24(17-19-9-5-2-6-10-19)22(25)16-11-18-7-3-1-4-8-18/h1-16H,17H2/b16-11+. The van der Waals surface area contributed by atoms with Crippen LogP contribution in [0.5, 0.6) is 0 Å². The molecule has 1 amide bonds. The Balaban J connectivity index is 1.86. The molecule has 3 aromatic rings. The number of hydrogen-bond donors (Lipinski definition) is 0. The highest BCUT2D eigenvalue weighted by molar-refractivity contribution is 6.30. The van der Waals surface area contributed by atoms with Gasteiger partial charge in [-0.2, -0.15) is 0 Å². The van der Waals surface area contributed by atoms with Crippen LogP contribution in [0.4, 0.5) is 5.69 Å². The Morgan fingerprint density at radius 1 is 0.840 bits per heavy atom. The molecule has 0 atom stereocenters. The molecule has 0 saturated carbocycles. The number of anilines is 1. The van der Waals surface area contributed by atoms with Crippen molar-refractivity contribution in [3.63, 3.8) is 0 Å². The van der Waals surface area contributed by atoms with Crippen LogP contribution in [0.1, 0.15) is 11.1 Å². The van der Waals surface area contributed by atoms with Crippen LogP contribution in [0, 0.1) is 0 Å². The van der Waals surface area contributed by atoms with E-state index in [4.69, 9.17) is 11.6 Å². The van der Waals surface area contributed by atoms with Crippen LogP contribution in [-0.4, -0.2) is 5.91 Å². The predicted molar refractivity (Wildman–Crippen MR) is 105 cm³/mol. The smallest absolute Gasteiger partial charge is 0.251 e. The van der Waals surface area contributed by atoms with Crippen molar-refractivity contribution < 1.29 is 4.79 Å². The van der Waals surface area contributed by atoms with Crippen molar-refractivity contribution in [3.8, 4) is 0 Å². The lowest BCUT2D eigenvalue weighted by Crippen LogP contribution is -2.28. The third-order valence-corrected chi connectivity index (χ3v) is 4.06. The third kappa shape index (κ3) is 4.82. The molecule has 0 aliphatic carbocycles. The minimum Gasteiger partial charge on any atom is -0.304 e. The van der Waals surface area contributed by atoms with Crippen molar-refractivity contribution in [2.24, 2.45) is 0 Å². The van der Waals surface area contributed by atoms with Gasteiger partial charge in [0.25, 0.3) is 5.91 Å². The molecular weight excluding hydrogens is 330 g/mol. The van der Waals surface area contributed by atoms with Crippen LogP contribution in [0.25, 0.3) is 6.08 Å². The zero-order chi connectivity index (χ0) is 17.5. The van der Waals surface area contributed by atoms with Gasteiger partial charge in [0.15, 0.2) is 0 Å². The summed E-state index contributed by atoms with van der Waals surface area (Å²) < 4.78 is 0. The molecule has 3 rings (SSSR count). The molecule has 0 aromatic heterocycles. The summed E-state index contributed by atoms with van der Waals surface area (Å²) in [6, 6.07) is 27.0. The molecule has 2 nitrogen and oxygen atoms in total. The first-order valence-corrected chi connectivity index (χ1v) is 8.44. The summed E-state index contributed by atoms with van der Waals surface area (Å²) >= 11 is 5.98. The molecule has 3 heteroatoms. The highest BCUT2D eigenvalue weighted by atomic mass is 35.5. The van der Waals surface area contributed by atoms with Crippen LogP contribution in [0.3, 0.4) is 0 Å². The highest BCUT2D eigenvalue weighted by Gasteiger charge is 2.14. The lowest BCUT2D eigenvalue weighted by molar-refractivity contribution is -0.114. The van der Waals surface area contributed by atoms with E-state index in [1.807, 2.05) is 78.9 Å². The first-order chi connectivity index (χ1) is 12.2. The number of amides is 1. The maximum absolute atomic E-state index is 12.8. The average molecular weight is 348 g/mol. The lowest BCUT2D eigenvalue weighted by Gasteiger charge is -2.21. The van der Waals surface area contributed by atoms with Crippen molar-refractivity contribution >= 4 is 29.3 Å². The Labute approximate surface area is 153 Å². The summed E-state index contributed by atoms with van der Waals surface area (Å²) in [5, 5.41) is 0.649. The zero-order valence-electron chi connectivity index (χ0n) is 13.7. The van der Waals surface area contributed by atoms with Crippen LogP contribution < -0.4 is 4.90 Å². The molecule has 0 heterocycles. The topological polar surface area (TPSA) is 20.3 Å². The Morgan fingerprint density at radius 2 is 1.44 bits per heavy atom. The molecule has 25 heavy (non-hydrogen) atoms. The fraction of sp³-hybridized carbons (Fsp3) is 0.0455. The van der Waals surface area contributed by atoms with Gasteiger partial charge >= 0.3 is 0 Å². The Morgan fingerprint density at radius 3 is 2.08 bits per heavy atom. The molecule has 0 spiro atoms. The Kier molecular flexibility index (Phi) is 5.65. The zero-order valence-corrected chi connectivity index (χ0v) is 14.4. The summed E-state index contributed by atoms with van der Waals surface area (Å²) in [7, 11) is 0. The van der Waals surface area contributed by atoms with E-state index in [1.54, 1.807) is 23.1 Å². The quantitative estimate of drug-likeness (QED) is 0.551. The first kappa shape index (κ1) is 17.0. The third-order valence-electron chi connectivity index (χ3n) is 3.81. The first-order valence-electron chi connectivity index (χ1n) is 8.06. The number of halogens is 1. The van der Waals surface area contributed by atoms with Gasteiger partial charge < -0.3 is 4.90 Å². The van der Waals surface area contributed by atoms with E-state index in [-0.39, 0.29) is 5.91 Å². The van der Waals surface area contributed by atoms with E-state index < -0.39 is 0 Å². The van der Waals surface area contributed by atoms with Gasteiger partial charge in [-0.15, -0.1) is 0 Å². The summed E-state index contributed by atoms with van der Waals surface area (Å²) in [5.41, 5.74) is 2.88. The maximum Gasteiger partial charge on any atom is 0.251 e. The van der Waals surface area contributed by atoms with E-state index in [1.165, 1.54) is 0 Å². The summed E-state index contributed by atoms with van der Waals surface area (Å²) in [4.78, 5) is 14.6. The molecule has 0 radical (unpaired) electrons. The maximum atomic E-state index is 12.8. The minimum absolute atomic E-state index is 0.0740. The van der Waals surface area contributed by atoms with Gasteiger partial charge in [-0.1, -0.05) is 72.3 Å². The number of carbonyl (C=O) groups excluding carboxylic acids is 1. The van der Waals surface area contributed by atoms with Gasteiger partial charge in [0.05, 0.1) is 6.54 Å². The largest absolute Gasteiger partial charge is 0.304 e. The van der Waals surface area contributed by atoms with Gasteiger partial charge in [-0.25, -0.2) is 0 Å². The Hall–Kier alpha value is -2.84. The van der Waals surface area contributed by atoms with Crippen LogP contribution >= 0.6 is 11.6 Å². The SMILES string of the molecule is O=C(/C=C/c1ccccc1)N(Cc1ccccc1)c1ccc(Cl)cc1. The van der Waals surface area contributed by atoms with E-state index >= 15 is 0 Å². The second-order valence-corrected chi connectivity index (χ2v) is 6.07. The highest BCUT2D eigenvalue weighted by Crippen LogP contribution is 2.21. The number of hydrogen-bond acceptors (Lipinski definition) is 1. The molecule has 124 valence electrons. The molecular formula is C22H18ClNO. The second-order valence-electron chi connectivity index (χ2n) is 5.63. The summed E-state index contributed by atoms with van der Waals surface area (Å²) in [6.45, 7) is 0.500. The number of rotatable bonds is 5. The van der Waals surface area contributed by atoms with Gasteiger partial charge in [-0.3, -0.25) is 4.79 Å². The molecule has 3 aromatic carbocycles. The van der Waals surface area contributed by atoms with Gasteiger partial charge in [0.1, 0.15) is 0 Å². The average Bonchev–Trinajstić information content (AvgIpc) is 2.67. The molecule has 0 saturated heterocycles. The molecule has 0 unspecified atom stereocenters. The van der Waals surface area contributed by atoms with E-state index in [9.17, 15) is 4.79 Å². The molecule has 0 fully saturated rings. The van der Waals surface area contributed by atoms with Crippen LogP contribution in [-0.2, 0) is 11.3 Å². The van der Waals surface area contributed by atoms with Gasteiger partial charge in [-0.05, 0) is 41.5 Å². The fourth-order valence-corrected chi connectivity index (χ4v) is 2.63. The molecule has 0 aliphatic heterocycles. The molecule has 0 aliphatic rings. The second kappa shape index (κ2) is 8.32. The lowest BCUT2D eigenvalue weighted by atomic mass is 10.1. The summed E-state index contributed by atoms with van der Waals surface area (Å²) in [6.07, 6.45) is 3.43. The van der Waals surface area contributed by atoms with Crippen molar-refractivity contribution in [1.82, 2.24) is 0 Å². The van der Waals surface area contributed by atoms with Gasteiger partial charge in [0, 0.05) is 16.8 Å². The predicted octanol–water partition coefficient (Wildman–Crippen LogP) is 5.59. The van der Waals surface area contributed by atoms with E-state index in [0.717, 1.165) is 16.8 Å². The number of benzene rings is 3. The van der Waals surface area contributed by atoms with Crippen molar-refractivity contribution in [3.05, 3.63) is 107 Å². The van der Waals surface area contributed by atoms with E-state index in [2.05, 4.69) is 0 Å². The molecule has 0 bridgehead atoms. The van der Waals surface area contributed by atoms with Gasteiger partial charge in [0.2, 0.25) is 0 Å². The van der Waals surface area contributed by atoms with Crippen molar-refractivity contribution in [1.29, 1.82) is 0 Å². The van der Waals surface area contributed by atoms with Crippen molar-refractivity contribution in [2.45, 2.75) is 6.54 Å². The van der Waals surface area contributed by atoms with Crippen molar-refractivity contribution in [2.75, 3.05) is 4.90 Å². The van der Waals surface area contributed by atoms with E-state index in [0.29, 0.717) is 11.6 Å².